The second-order valence-electron chi connectivity index (χ2n) is 7.49. The summed E-state index contributed by atoms with van der Waals surface area (Å²) in [5.74, 6) is 0.0308. The maximum absolute atomic E-state index is 12.1. The Kier molecular flexibility index (Phi) is 8.58. The molecule has 31 heavy (non-hydrogen) atoms. The maximum Gasteiger partial charge on any atom is 0.407 e. The molecule has 1 amide bonds. The molecule has 3 aromatic rings. The van der Waals surface area contributed by atoms with Crippen molar-refractivity contribution in [2.24, 2.45) is 5.73 Å². The Morgan fingerprint density at radius 3 is 2.23 bits per heavy atom. The van der Waals surface area contributed by atoms with Crippen LogP contribution in [-0.4, -0.2) is 34.9 Å². The number of nitrogens with one attached hydrogen (secondary N) is 1. The number of benzene rings is 2. The van der Waals surface area contributed by atoms with Crippen molar-refractivity contribution in [2.75, 3.05) is 6.61 Å². The third-order valence-corrected chi connectivity index (χ3v) is 6.04. The van der Waals surface area contributed by atoms with Gasteiger partial charge in [-0.2, -0.15) is 0 Å². The minimum absolute atomic E-state index is 0.0308. The van der Waals surface area contributed by atoms with Crippen LogP contribution in [0.15, 0.2) is 66.9 Å². The monoisotopic (exact) mass is 439 g/mol. The lowest BCUT2D eigenvalue weighted by Crippen LogP contribution is -2.39. The Morgan fingerprint density at radius 2 is 1.71 bits per heavy atom. The Morgan fingerprint density at radius 1 is 1.10 bits per heavy atom. The fraction of sp³-hybridized carbons (Fsp3) is 0.333. The first-order valence-electron chi connectivity index (χ1n) is 10.4. The predicted molar refractivity (Wildman–Crippen MR) is 123 cm³/mol. The Balaban J connectivity index is 1.57. The van der Waals surface area contributed by atoms with Crippen LogP contribution in [-0.2, 0) is 11.3 Å². The summed E-state index contributed by atoms with van der Waals surface area (Å²) in [5, 5.41) is 13.4. The number of nitrogens with zero attached hydrogens (tertiary/aromatic N) is 1. The van der Waals surface area contributed by atoms with E-state index in [1.165, 1.54) is 11.3 Å². The first kappa shape index (κ1) is 22.9. The van der Waals surface area contributed by atoms with E-state index in [0.29, 0.717) is 12.8 Å². The molecule has 6 nitrogen and oxygen atoms in total. The number of aryl methyl sites for hydroxylation is 1. The predicted octanol–water partition coefficient (Wildman–Crippen LogP) is 3.98. The van der Waals surface area contributed by atoms with Crippen molar-refractivity contribution in [3.63, 3.8) is 0 Å². The zero-order valence-corrected chi connectivity index (χ0v) is 18.4. The molecule has 2 atom stereocenters. The van der Waals surface area contributed by atoms with Crippen LogP contribution < -0.4 is 11.1 Å². The molecule has 1 aromatic heterocycles. The van der Waals surface area contributed by atoms with Crippen molar-refractivity contribution in [3.05, 3.63) is 87.9 Å². The molecule has 0 radical (unpaired) electrons. The van der Waals surface area contributed by atoms with Crippen molar-refractivity contribution < 1.29 is 14.6 Å². The van der Waals surface area contributed by atoms with E-state index in [0.717, 1.165) is 21.0 Å². The summed E-state index contributed by atoms with van der Waals surface area (Å²) in [6, 6.07) is 19.8. The molecule has 164 valence electrons. The lowest BCUT2D eigenvalue weighted by atomic mass is 9.83. The molecule has 0 aliphatic heterocycles. The van der Waals surface area contributed by atoms with Gasteiger partial charge in [-0.15, -0.1) is 11.3 Å². The molecule has 2 aromatic carbocycles. The van der Waals surface area contributed by atoms with Gasteiger partial charge in [0.15, 0.2) is 0 Å². The highest BCUT2D eigenvalue weighted by Gasteiger charge is 2.23. The third-order valence-electron chi connectivity index (χ3n) is 5.15. The van der Waals surface area contributed by atoms with Crippen molar-refractivity contribution >= 4 is 17.4 Å². The largest absolute Gasteiger partial charge is 0.444 e. The summed E-state index contributed by atoms with van der Waals surface area (Å²) in [4.78, 5) is 17.1. The summed E-state index contributed by atoms with van der Waals surface area (Å²) in [5.41, 5.74) is 8.92. The van der Waals surface area contributed by atoms with Crippen molar-refractivity contribution in [1.29, 1.82) is 0 Å². The fourth-order valence-electron chi connectivity index (χ4n) is 3.59. The van der Waals surface area contributed by atoms with Gasteiger partial charge in [-0.3, -0.25) is 0 Å². The molecular weight excluding hydrogens is 410 g/mol. The number of thiazole rings is 1. The molecule has 4 N–H and O–H groups in total. The number of carbonyl (C=O) groups excluding carboxylic acids is 1. The number of aliphatic hydroxyl groups is 1. The van der Waals surface area contributed by atoms with E-state index in [1.54, 1.807) is 6.20 Å². The third kappa shape index (κ3) is 6.89. The first-order chi connectivity index (χ1) is 15.1. The van der Waals surface area contributed by atoms with Crippen LogP contribution in [0.4, 0.5) is 4.79 Å². The van der Waals surface area contributed by atoms with Crippen molar-refractivity contribution in [2.45, 2.75) is 44.4 Å². The van der Waals surface area contributed by atoms with E-state index in [-0.39, 0.29) is 25.2 Å². The summed E-state index contributed by atoms with van der Waals surface area (Å²) in [6.07, 6.45) is 2.32. The SMILES string of the molecule is Cc1ncc(COC(=O)NC(CO)CCC(N)C(c2ccccc2)c2ccccc2)s1. The fourth-order valence-corrected chi connectivity index (χ4v) is 4.30. The molecular formula is C24H29N3O3S. The molecule has 0 fully saturated rings. The minimum Gasteiger partial charge on any atom is -0.444 e. The summed E-state index contributed by atoms with van der Waals surface area (Å²) in [7, 11) is 0. The van der Waals surface area contributed by atoms with Gasteiger partial charge in [0.1, 0.15) is 6.61 Å². The first-order valence-corrected chi connectivity index (χ1v) is 11.2. The average Bonchev–Trinajstić information content (AvgIpc) is 3.22. The lowest BCUT2D eigenvalue weighted by molar-refractivity contribution is 0.128. The molecule has 0 saturated carbocycles. The topological polar surface area (TPSA) is 97.5 Å². The zero-order chi connectivity index (χ0) is 22.1. The average molecular weight is 440 g/mol. The number of aliphatic hydroxyl groups excluding tert-OH is 1. The van der Waals surface area contributed by atoms with Gasteiger partial charge < -0.3 is 20.9 Å². The number of amides is 1. The minimum atomic E-state index is -0.554. The van der Waals surface area contributed by atoms with Crippen LogP contribution >= 0.6 is 11.3 Å². The van der Waals surface area contributed by atoms with E-state index in [1.807, 2.05) is 43.3 Å². The van der Waals surface area contributed by atoms with Gasteiger partial charge in [0.2, 0.25) is 0 Å². The van der Waals surface area contributed by atoms with E-state index in [4.69, 9.17) is 10.5 Å². The molecule has 0 aliphatic carbocycles. The van der Waals surface area contributed by atoms with E-state index >= 15 is 0 Å². The number of alkyl carbamates (subject to hydrolysis) is 1. The number of nitrogens with two attached hydrogens (primary N) is 1. The van der Waals surface area contributed by atoms with Crippen LogP contribution in [0.2, 0.25) is 0 Å². The number of hydrogen-bond acceptors (Lipinski definition) is 6. The van der Waals surface area contributed by atoms with Gasteiger partial charge in [-0.05, 0) is 30.9 Å². The summed E-state index contributed by atoms with van der Waals surface area (Å²) >= 11 is 1.49. The molecule has 1 heterocycles. The highest BCUT2D eigenvalue weighted by molar-refractivity contribution is 7.11. The Hall–Kier alpha value is -2.74. The number of carbonyl (C=O) groups is 1. The highest BCUT2D eigenvalue weighted by atomic mass is 32.1. The molecule has 2 unspecified atom stereocenters. The second kappa shape index (κ2) is 11.6. The van der Waals surface area contributed by atoms with Crippen molar-refractivity contribution in [3.8, 4) is 0 Å². The van der Waals surface area contributed by atoms with Gasteiger partial charge in [0, 0.05) is 18.2 Å². The zero-order valence-electron chi connectivity index (χ0n) is 17.6. The standard InChI is InChI=1S/C24H29N3O3S/c1-17-26-14-21(31-17)16-30-24(29)27-20(15-28)12-13-22(25)23(18-8-4-2-5-9-18)19-10-6-3-7-11-19/h2-11,14,20,22-23,28H,12-13,15-16,25H2,1H3,(H,27,29). The highest BCUT2D eigenvalue weighted by Crippen LogP contribution is 2.29. The number of hydrogen-bond donors (Lipinski definition) is 3. The smallest absolute Gasteiger partial charge is 0.407 e. The van der Waals surface area contributed by atoms with E-state index < -0.39 is 12.1 Å². The quantitative estimate of drug-likeness (QED) is 0.444. The van der Waals surface area contributed by atoms with E-state index in [2.05, 4.69) is 34.6 Å². The Bertz CT molecular complexity index is 894. The number of rotatable bonds is 10. The van der Waals surface area contributed by atoms with Gasteiger partial charge >= 0.3 is 6.09 Å². The van der Waals surface area contributed by atoms with Gasteiger partial charge in [-0.1, -0.05) is 60.7 Å². The second-order valence-corrected chi connectivity index (χ2v) is 8.81. The van der Waals surface area contributed by atoms with Crippen LogP contribution in [0.5, 0.6) is 0 Å². The van der Waals surface area contributed by atoms with Crippen LogP contribution in [0.3, 0.4) is 0 Å². The summed E-state index contributed by atoms with van der Waals surface area (Å²) in [6.45, 7) is 1.89. The molecule has 0 spiro atoms. The van der Waals surface area contributed by atoms with Crippen LogP contribution in [0.25, 0.3) is 0 Å². The molecule has 0 bridgehead atoms. The molecule has 0 aliphatic rings. The molecule has 7 heteroatoms. The maximum atomic E-state index is 12.1. The lowest BCUT2D eigenvalue weighted by Gasteiger charge is -2.26. The Labute approximate surface area is 187 Å². The van der Waals surface area contributed by atoms with Crippen LogP contribution in [0, 0.1) is 6.92 Å². The molecule has 3 rings (SSSR count). The van der Waals surface area contributed by atoms with Crippen LogP contribution in [0.1, 0.15) is 39.8 Å². The summed E-state index contributed by atoms with van der Waals surface area (Å²) < 4.78 is 5.24. The number of aromatic nitrogens is 1. The van der Waals surface area contributed by atoms with E-state index in [9.17, 15) is 9.90 Å². The number of ether oxygens (including phenoxy) is 1. The van der Waals surface area contributed by atoms with Gasteiger partial charge in [0.25, 0.3) is 0 Å². The normalized spacial score (nSPS) is 13.0. The van der Waals surface area contributed by atoms with Gasteiger partial charge in [-0.25, -0.2) is 9.78 Å². The van der Waals surface area contributed by atoms with Crippen molar-refractivity contribution in [1.82, 2.24) is 10.3 Å². The van der Waals surface area contributed by atoms with Gasteiger partial charge in [0.05, 0.1) is 22.5 Å². The molecule has 0 saturated heterocycles.